The van der Waals surface area contributed by atoms with Crippen LogP contribution >= 0.6 is 0 Å². The van der Waals surface area contributed by atoms with E-state index in [4.69, 9.17) is 9.47 Å². The summed E-state index contributed by atoms with van der Waals surface area (Å²) in [6.45, 7) is 10.4. The lowest BCUT2D eigenvalue weighted by atomic mass is 9.98. The Morgan fingerprint density at radius 3 is 2.42 bits per heavy atom. The summed E-state index contributed by atoms with van der Waals surface area (Å²) in [7, 11) is 0. The number of pyridine rings is 1. The predicted molar refractivity (Wildman–Crippen MR) is 148 cm³/mol. The standard InChI is InChI=1S/C30H35FN4O5/c1-19(35-17-24(20(2)36)14-26(31)28(35)37)22-7-6-8-23(13-22)27-32-15-25(16-33-27)39-18-21-9-11-34(12-10-21)29(38)40-30(3,4)5/h6-8,13-17,19,21H,9-12,18H2,1-5H3. The predicted octanol–water partition coefficient (Wildman–Crippen LogP) is 5.28. The van der Waals surface area contributed by atoms with E-state index in [1.54, 1.807) is 24.2 Å². The molecule has 0 bridgehead atoms. The number of carbonyl (C=O) groups is 2. The normalized spacial score (nSPS) is 15.0. The van der Waals surface area contributed by atoms with E-state index < -0.39 is 23.0 Å². The van der Waals surface area contributed by atoms with Crippen LogP contribution in [0.25, 0.3) is 11.4 Å². The maximum absolute atomic E-state index is 14.2. The van der Waals surface area contributed by atoms with E-state index in [-0.39, 0.29) is 17.4 Å². The van der Waals surface area contributed by atoms with Gasteiger partial charge in [-0.15, -0.1) is 0 Å². The molecule has 1 fully saturated rings. The van der Waals surface area contributed by atoms with E-state index in [0.717, 1.165) is 30.0 Å². The number of carbonyl (C=O) groups excluding carboxylic acids is 2. The van der Waals surface area contributed by atoms with Crippen LogP contribution in [0.15, 0.2) is 53.7 Å². The number of halogens is 1. The monoisotopic (exact) mass is 550 g/mol. The molecule has 3 aromatic rings. The van der Waals surface area contributed by atoms with E-state index in [9.17, 15) is 18.8 Å². The first-order chi connectivity index (χ1) is 18.9. The summed E-state index contributed by atoms with van der Waals surface area (Å²) in [6, 6.07) is 7.77. The number of hydrogen-bond donors (Lipinski definition) is 0. The van der Waals surface area contributed by atoms with Crippen LogP contribution in [0.5, 0.6) is 5.75 Å². The molecule has 1 atom stereocenters. The molecule has 4 rings (SSSR count). The molecule has 1 amide bonds. The zero-order chi connectivity index (χ0) is 29.0. The highest BCUT2D eigenvalue weighted by atomic mass is 19.1. The number of piperidine rings is 1. The van der Waals surface area contributed by atoms with Crippen LogP contribution < -0.4 is 10.3 Å². The van der Waals surface area contributed by atoms with Gasteiger partial charge in [-0.3, -0.25) is 9.59 Å². The lowest BCUT2D eigenvalue weighted by molar-refractivity contribution is 0.0164. The van der Waals surface area contributed by atoms with Gasteiger partial charge in [-0.2, -0.15) is 0 Å². The van der Waals surface area contributed by atoms with Crippen molar-refractivity contribution in [3.63, 3.8) is 0 Å². The van der Waals surface area contributed by atoms with Crippen LogP contribution in [-0.2, 0) is 4.74 Å². The molecular formula is C30H35FN4O5. The van der Waals surface area contributed by atoms with E-state index in [0.29, 0.717) is 37.2 Å². The molecule has 40 heavy (non-hydrogen) atoms. The first-order valence-electron chi connectivity index (χ1n) is 13.4. The fourth-order valence-corrected chi connectivity index (χ4v) is 4.51. The minimum absolute atomic E-state index is 0.132. The number of ketones is 1. The highest BCUT2D eigenvalue weighted by Crippen LogP contribution is 2.25. The van der Waals surface area contributed by atoms with Crippen molar-refractivity contribution < 1.29 is 23.5 Å². The highest BCUT2D eigenvalue weighted by Gasteiger charge is 2.27. The average molecular weight is 551 g/mol. The number of aromatic nitrogens is 3. The van der Waals surface area contributed by atoms with E-state index in [1.165, 1.54) is 17.7 Å². The lowest BCUT2D eigenvalue weighted by Gasteiger charge is -2.33. The number of hydrogen-bond acceptors (Lipinski definition) is 7. The second kappa shape index (κ2) is 12.0. The van der Waals surface area contributed by atoms with Crippen LogP contribution in [0.3, 0.4) is 0 Å². The summed E-state index contributed by atoms with van der Waals surface area (Å²) in [6.07, 6.45) is 5.99. The van der Waals surface area contributed by atoms with Gasteiger partial charge in [0.1, 0.15) is 5.60 Å². The second-order valence-electron chi connectivity index (χ2n) is 11.1. The van der Waals surface area contributed by atoms with Gasteiger partial charge in [0.15, 0.2) is 23.2 Å². The second-order valence-corrected chi connectivity index (χ2v) is 11.1. The molecule has 9 nitrogen and oxygen atoms in total. The molecule has 1 aliphatic heterocycles. The van der Waals surface area contributed by atoms with E-state index >= 15 is 0 Å². The van der Waals surface area contributed by atoms with Gasteiger partial charge in [-0.1, -0.05) is 18.2 Å². The van der Waals surface area contributed by atoms with Crippen molar-refractivity contribution in [3.8, 4) is 17.1 Å². The van der Waals surface area contributed by atoms with Crippen molar-refractivity contribution in [3.05, 3.63) is 76.2 Å². The van der Waals surface area contributed by atoms with Crippen molar-refractivity contribution >= 4 is 11.9 Å². The highest BCUT2D eigenvalue weighted by molar-refractivity contribution is 5.93. The van der Waals surface area contributed by atoms with Crippen LogP contribution in [0.2, 0.25) is 0 Å². The lowest BCUT2D eigenvalue weighted by Crippen LogP contribution is -2.42. The molecule has 0 spiro atoms. The van der Waals surface area contributed by atoms with Crippen molar-refractivity contribution in [1.82, 2.24) is 19.4 Å². The van der Waals surface area contributed by atoms with E-state index in [2.05, 4.69) is 9.97 Å². The minimum Gasteiger partial charge on any atom is -0.490 e. The molecule has 1 aliphatic rings. The van der Waals surface area contributed by atoms with Crippen molar-refractivity contribution in [2.75, 3.05) is 19.7 Å². The number of benzene rings is 1. The first-order valence-corrected chi connectivity index (χ1v) is 13.4. The van der Waals surface area contributed by atoms with Gasteiger partial charge in [-0.25, -0.2) is 19.2 Å². The summed E-state index contributed by atoms with van der Waals surface area (Å²) in [5.41, 5.74) is 0.288. The van der Waals surface area contributed by atoms with Gasteiger partial charge < -0.3 is 18.9 Å². The summed E-state index contributed by atoms with van der Waals surface area (Å²) < 4.78 is 26.8. The van der Waals surface area contributed by atoms with Gasteiger partial charge in [0, 0.05) is 30.4 Å². The Labute approximate surface area is 233 Å². The molecule has 1 unspecified atom stereocenters. The van der Waals surface area contributed by atoms with Crippen LogP contribution in [0.1, 0.15) is 69.4 Å². The Hall–Kier alpha value is -4.08. The maximum Gasteiger partial charge on any atom is 0.410 e. The summed E-state index contributed by atoms with van der Waals surface area (Å²) in [5, 5.41) is 0. The third-order valence-corrected chi connectivity index (χ3v) is 6.83. The molecule has 1 aromatic carbocycles. The van der Waals surface area contributed by atoms with Gasteiger partial charge in [-0.05, 0) is 71.1 Å². The molecular weight excluding hydrogens is 515 g/mol. The van der Waals surface area contributed by atoms with Crippen molar-refractivity contribution in [2.45, 2.75) is 59.1 Å². The number of ether oxygens (including phenoxy) is 2. The van der Waals surface area contributed by atoms with Crippen molar-refractivity contribution in [1.29, 1.82) is 0 Å². The molecule has 0 saturated carbocycles. The van der Waals surface area contributed by atoms with Crippen LogP contribution in [0, 0.1) is 11.7 Å². The first kappa shape index (κ1) is 28.9. The molecule has 2 aromatic heterocycles. The molecule has 0 aliphatic carbocycles. The molecule has 212 valence electrons. The Bertz CT molecular complexity index is 1420. The number of likely N-dealkylation sites (tertiary alicyclic amines) is 1. The molecule has 0 radical (unpaired) electrons. The average Bonchev–Trinajstić information content (AvgIpc) is 2.92. The van der Waals surface area contributed by atoms with Gasteiger partial charge in [0.2, 0.25) is 0 Å². The molecule has 10 heteroatoms. The SMILES string of the molecule is CC(=O)c1cc(F)c(=O)n(C(C)c2cccc(-c3ncc(OCC4CCN(C(=O)OC(C)(C)C)CC4)cn3)c2)c1. The Balaban J connectivity index is 1.37. The molecule has 0 N–H and O–H groups in total. The fourth-order valence-electron chi connectivity index (χ4n) is 4.51. The number of nitrogens with zero attached hydrogens (tertiary/aromatic N) is 4. The smallest absolute Gasteiger partial charge is 0.410 e. The van der Waals surface area contributed by atoms with Crippen LogP contribution in [0.4, 0.5) is 9.18 Å². The zero-order valence-electron chi connectivity index (χ0n) is 23.5. The summed E-state index contributed by atoms with van der Waals surface area (Å²) in [5.74, 6) is 0.0408. The van der Waals surface area contributed by atoms with Gasteiger partial charge in [0.25, 0.3) is 5.56 Å². The Morgan fingerprint density at radius 1 is 1.12 bits per heavy atom. The number of amides is 1. The number of rotatable bonds is 7. The summed E-state index contributed by atoms with van der Waals surface area (Å²) >= 11 is 0. The summed E-state index contributed by atoms with van der Waals surface area (Å²) in [4.78, 5) is 47.1. The Morgan fingerprint density at radius 2 is 1.80 bits per heavy atom. The molecule has 1 saturated heterocycles. The maximum atomic E-state index is 14.2. The van der Waals surface area contributed by atoms with Gasteiger partial charge in [0.05, 0.1) is 25.0 Å². The zero-order valence-corrected chi connectivity index (χ0v) is 23.5. The fraction of sp³-hybridized carbons (Fsp3) is 0.433. The third-order valence-electron chi connectivity index (χ3n) is 6.83. The Kier molecular flexibility index (Phi) is 8.66. The van der Waals surface area contributed by atoms with E-state index in [1.807, 2.05) is 45.0 Å². The quantitative estimate of drug-likeness (QED) is 0.369. The largest absolute Gasteiger partial charge is 0.490 e. The molecule has 3 heterocycles. The van der Waals surface area contributed by atoms with Crippen molar-refractivity contribution in [2.24, 2.45) is 5.92 Å². The van der Waals surface area contributed by atoms with Gasteiger partial charge >= 0.3 is 6.09 Å². The third kappa shape index (κ3) is 7.11. The van der Waals surface area contributed by atoms with Crippen LogP contribution in [-0.4, -0.2) is 56.6 Å². The number of Topliss-reactive ketones (excluding diaryl/α,β-unsaturated/α-hetero) is 1. The topological polar surface area (TPSA) is 104 Å². The minimum atomic E-state index is -0.969.